The molecule has 92 valence electrons. The molecule has 1 heterocycles. The maximum absolute atomic E-state index is 13.9. The molecule has 0 aromatic carbocycles. The third kappa shape index (κ3) is 2.97. The van der Waals surface area contributed by atoms with Crippen LogP contribution in [0.5, 0.6) is 0 Å². The van der Waals surface area contributed by atoms with Crippen LogP contribution in [0.2, 0.25) is 0 Å². The van der Waals surface area contributed by atoms with Gasteiger partial charge in [0.2, 0.25) is 0 Å². The number of hydrogen-bond acceptors (Lipinski definition) is 2. The van der Waals surface area contributed by atoms with Gasteiger partial charge in [-0.3, -0.25) is 0 Å². The lowest BCUT2D eigenvalue weighted by Crippen LogP contribution is -2.29. The van der Waals surface area contributed by atoms with E-state index in [9.17, 15) is 4.39 Å². The summed E-state index contributed by atoms with van der Waals surface area (Å²) in [6.45, 7) is 1.95. The van der Waals surface area contributed by atoms with Gasteiger partial charge in [0.15, 0.2) is 11.6 Å². The number of nitrogens with zero attached hydrogens (tertiary/aromatic N) is 2. The molecule has 0 amide bonds. The van der Waals surface area contributed by atoms with Gasteiger partial charge >= 0.3 is 0 Å². The van der Waals surface area contributed by atoms with E-state index in [1.807, 2.05) is 0 Å². The molecular weight excluding hydrogens is 283 g/mol. The van der Waals surface area contributed by atoms with E-state index in [2.05, 4.69) is 25.8 Å². The minimum Gasteiger partial charge on any atom is -0.354 e. The van der Waals surface area contributed by atoms with Crippen LogP contribution in [0, 0.1) is 17.7 Å². The van der Waals surface area contributed by atoms with Crippen LogP contribution >= 0.6 is 15.9 Å². The van der Waals surface area contributed by atoms with Gasteiger partial charge in [0.05, 0.1) is 0 Å². The van der Waals surface area contributed by atoms with Crippen LogP contribution in [0.1, 0.15) is 25.7 Å². The van der Waals surface area contributed by atoms with E-state index in [1.54, 1.807) is 6.20 Å². The minimum atomic E-state index is -0.208. The van der Waals surface area contributed by atoms with Crippen molar-refractivity contribution in [2.45, 2.75) is 25.7 Å². The van der Waals surface area contributed by atoms with Crippen molar-refractivity contribution in [1.29, 1.82) is 0 Å². The number of anilines is 1. The average molecular weight is 299 g/mol. The van der Waals surface area contributed by atoms with E-state index < -0.39 is 0 Å². The Labute approximate surface area is 109 Å². The summed E-state index contributed by atoms with van der Waals surface area (Å²) in [5.41, 5.74) is 0. The smallest absolute Gasteiger partial charge is 0.166 e. The van der Waals surface area contributed by atoms with E-state index in [1.165, 1.54) is 31.7 Å². The molecule has 4 heteroatoms. The first-order chi connectivity index (χ1) is 8.22. The third-order valence-electron chi connectivity index (χ3n) is 3.44. The number of rotatable bonds is 5. The second kappa shape index (κ2) is 4.56. The first kappa shape index (κ1) is 11.5. The SMILES string of the molecule is Fc1cc(Br)cnc1N(CC1CC1)CC1CC1. The molecule has 17 heavy (non-hydrogen) atoms. The summed E-state index contributed by atoms with van der Waals surface area (Å²) >= 11 is 3.25. The lowest BCUT2D eigenvalue weighted by atomic mass is 10.3. The normalized spacial score (nSPS) is 19.4. The second-order valence-corrected chi connectivity index (χ2v) is 6.17. The molecule has 3 rings (SSSR count). The lowest BCUT2D eigenvalue weighted by Gasteiger charge is -2.24. The molecule has 0 bridgehead atoms. The molecule has 0 unspecified atom stereocenters. The molecule has 2 nitrogen and oxygen atoms in total. The molecule has 0 spiro atoms. The number of aromatic nitrogens is 1. The Balaban J connectivity index is 1.78. The molecule has 2 saturated carbocycles. The Morgan fingerprint density at radius 1 is 1.24 bits per heavy atom. The predicted molar refractivity (Wildman–Crippen MR) is 69.6 cm³/mol. The highest BCUT2D eigenvalue weighted by Gasteiger charge is 2.30. The first-order valence-corrected chi connectivity index (χ1v) is 7.07. The first-order valence-electron chi connectivity index (χ1n) is 6.28. The fourth-order valence-corrected chi connectivity index (χ4v) is 2.42. The van der Waals surface area contributed by atoms with Gasteiger partial charge in [-0.1, -0.05) is 0 Å². The topological polar surface area (TPSA) is 16.1 Å². The fraction of sp³-hybridized carbons (Fsp3) is 0.615. The summed E-state index contributed by atoms with van der Waals surface area (Å²) in [5, 5.41) is 0. The zero-order valence-electron chi connectivity index (χ0n) is 9.70. The van der Waals surface area contributed by atoms with Gasteiger partial charge < -0.3 is 4.90 Å². The summed E-state index contributed by atoms with van der Waals surface area (Å²) in [4.78, 5) is 6.39. The largest absolute Gasteiger partial charge is 0.354 e. The Morgan fingerprint density at radius 2 is 1.82 bits per heavy atom. The standard InChI is InChI=1S/C13H16BrFN2/c14-11-5-12(15)13(16-6-11)17(7-9-1-2-9)8-10-3-4-10/h5-6,9-10H,1-4,7-8H2. The Hall–Kier alpha value is -0.640. The van der Waals surface area contributed by atoms with E-state index in [0.29, 0.717) is 10.3 Å². The van der Waals surface area contributed by atoms with Crippen LogP contribution in [-0.4, -0.2) is 18.1 Å². The molecule has 0 saturated heterocycles. The maximum atomic E-state index is 13.9. The van der Waals surface area contributed by atoms with Crippen LogP contribution in [-0.2, 0) is 0 Å². The van der Waals surface area contributed by atoms with Crippen molar-refractivity contribution < 1.29 is 4.39 Å². The van der Waals surface area contributed by atoms with Gasteiger partial charge in [-0.05, 0) is 59.5 Å². The highest BCUT2D eigenvalue weighted by Crippen LogP contribution is 2.36. The van der Waals surface area contributed by atoms with Crippen molar-refractivity contribution >= 4 is 21.7 Å². The van der Waals surface area contributed by atoms with E-state index in [4.69, 9.17) is 0 Å². The molecule has 2 aliphatic rings. The van der Waals surface area contributed by atoms with Crippen LogP contribution in [0.25, 0.3) is 0 Å². The van der Waals surface area contributed by atoms with E-state index >= 15 is 0 Å². The number of halogens is 2. The molecular formula is C13H16BrFN2. The van der Waals surface area contributed by atoms with Crippen molar-refractivity contribution in [3.63, 3.8) is 0 Å². The van der Waals surface area contributed by atoms with Crippen molar-refractivity contribution in [3.8, 4) is 0 Å². The van der Waals surface area contributed by atoms with Gasteiger partial charge in [0.1, 0.15) is 0 Å². The molecule has 1 aromatic rings. The summed E-state index contributed by atoms with van der Waals surface area (Å²) in [6, 6.07) is 1.51. The number of hydrogen-bond donors (Lipinski definition) is 0. The fourth-order valence-electron chi connectivity index (χ4n) is 2.11. The Bertz CT molecular complexity index is 402. The third-order valence-corrected chi connectivity index (χ3v) is 3.87. The Kier molecular flexibility index (Phi) is 3.07. The van der Waals surface area contributed by atoms with Gasteiger partial charge in [0, 0.05) is 23.8 Å². The molecule has 0 radical (unpaired) electrons. The zero-order chi connectivity index (χ0) is 11.8. The number of pyridine rings is 1. The zero-order valence-corrected chi connectivity index (χ0v) is 11.3. The van der Waals surface area contributed by atoms with Crippen molar-refractivity contribution in [3.05, 3.63) is 22.6 Å². The molecule has 2 aliphatic carbocycles. The van der Waals surface area contributed by atoms with Crippen molar-refractivity contribution in [2.24, 2.45) is 11.8 Å². The van der Waals surface area contributed by atoms with Gasteiger partial charge in [0.25, 0.3) is 0 Å². The molecule has 0 aliphatic heterocycles. The Morgan fingerprint density at radius 3 is 2.29 bits per heavy atom. The lowest BCUT2D eigenvalue weighted by molar-refractivity contribution is 0.592. The minimum absolute atomic E-state index is 0.208. The highest BCUT2D eigenvalue weighted by atomic mass is 79.9. The monoisotopic (exact) mass is 298 g/mol. The summed E-state index contributed by atoms with van der Waals surface area (Å²) in [5.74, 6) is 1.85. The molecule has 1 aromatic heterocycles. The molecule has 0 atom stereocenters. The maximum Gasteiger partial charge on any atom is 0.166 e. The van der Waals surface area contributed by atoms with Crippen molar-refractivity contribution in [2.75, 3.05) is 18.0 Å². The van der Waals surface area contributed by atoms with Gasteiger partial charge in [-0.2, -0.15) is 0 Å². The van der Waals surface area contributed by atoms with Crippen LogP contribution in [0.4, 0.5) is 10.2 Å². The molecule has 0 N–H and O–H groups in total. The predicted octanol–water partition coefficient (Wildman–Crippen LogP) is 3.61. The van der Waals surface area contributed by atoms with E-state index in [0.717, 1.165) is 24.9 Å². The highest BCUT2D eigenvalue weighted by molar-refractivity contribution is 9.10. The second-order valence-electron chi connectivity index (χ2n) is 5.25. The van der Waals surface area contributed by atoms with E-state index in [-0.39, 0.29) is 5.82 Å². The summed E-state index contributed by atoms with van der Waals surface area (Å²) < 4.78 is 14.6. The van der Waals surface area contributed by atoms with Crippen LogP contribution in [0.3, 0.4) is 0 Å². The van der Waals surface area contributed by atoms with Gasteiger partial charge in [-0.25, -0.2) is 9.37 Å². The average Bonchev–Trinajstić information content (AvgIpc) is 3.11. The summed E-state index contributed by atoms with van der Waals surface area (Å²) in [6.07, 6.45) is 6.85. The quantitative estimate of drug-likeness (QED) is 0.825. The van der Waals surface area contributed by atoms with Gasteiger partial charge in [-0.15, -0.1) is 0 Å². The van der Waals surface area contributed by atoms with Crippen LogP contribution in [0.15, 0.2) is 16.7 Å². The molecule has 2 fully saturated rings. The summed E-state index contributed by atoms with van der Waals surface area (Å²) in [7, 11) is 0. The van der Waals surface area contributed by atoms with Crippen LogP contribution < -0.4 is 4.90 Å². The van der Waals surface area contributed by atoms with Crippen molar-refractivity contribution in [1.82, 2.24) is 4.98 Å².